The van der Waals surface area contributed by atoms with Crippen LogP contribution in [0.25, 0.3) is 0 Å². The van der Waals surface area contributed by atoms with E-state index in [1.165, 1.54) is 0 Å². The summed E-state index contributed by atoms with van der Waals surface area (Å²) in [6.45, 7) is 7.10. The number of rotatable bonds is 27. The molecule has 0 aromatic rings. The molecule has 0 aromatic heterocycles. The number of hydrogen-bond acceptors (Lipinski definition) is 10. The second kappa shape index (κ2) is 27.9. The molecule has 0 saturated carbocycles. The largest absolute Gasteiger partial charge is 0.382 e. The average Bonchev–Trinajstić information content (AvgIpc) is 2.84. The molecule has 0 atom stereocenters. The van der Waals surface area contributed by atoms with Gasteiger partial charge in [0, 0.05) is 33.7 Å². The minimum atomic E-state index is -0.210. The summed E-state index contributed by atoms with van der Waals surface area (Å²) in [4.78, 5) is 22.6. The highest BCUT2D eigenvalue weighted by Gasteiger charge is 2.01. The first-order valence-electron chi connectivity index (χ1n) is 11.7. The third-order valence-electron chi connectivity index (χ3n) is 4.06. The number of carbonyl (C=O) groups is 2. The molecule has 12 nitrogen and oxygen atoms in total. The first-order chi connectivity index (χ1) is 16.7. The van der Waals surface area contributed by atoms with Crippen LogP contribution >= 0.6 is 0 Å². The molecule has 0 fully saturated rings. The van der Waals surface area contributed by atoms with E-state index in [-0.39, 0.29) is 18.4 Å². The van der Waals surface area contributed by atoms with E-state index in [1.54, 1.807) is 14.2 Å². The molecule has 2 N–H and O–H groups in total. The van der Waals surface area contributed by atoms with E-state index in [4.69, 9.17) is 37.9 Å². The molecule has 0 rings (SSSR count). The molecule has 0 saturated heterocycles. The van der Waals surface area contributed by atoms with Gasteiger partial charge in [-0.05, 0) is 6.42 Å². The third kappa shape index (κ3) is 26.9. The van der Waals surface area contributed by atoms with Crippen molar-refractivity contribution < 1.29 is 47.5 Å². The van der Waals surface area contributed by atoms with Crippen molar-refractivity contribution in [2.45, 2.75) is 12.8 Å². The normalized spacial score (nSPS) is 11.0. The molecule has 202 valence electrons. The summed E-state index contributed by atoms with van der Waals surface area (Å²) in [6, 6.07) is 0. The molecule has 0 unspecified atom stereocenters. The van der Waals surface area contributed by atoms with Gasteiger partial charge in [0.25, 0.3) is 0 Å². The van der Waals surface area contributed by atoms with E-state index in [0.717, 1.165) is 0 Å². The maximum absolute atomic E-state index is 11.6. The van der Waals surface area contributed by atoms with Crippen molar-refractivity contribution in [3.8, 4) is 0 Å². The molecule has 0 heterocycles. The van der Waals surface area contributed by atoms with Crippen molar-refractivity contribution in [3.05, 3.63) is 0 Å². The Morgan fingerprint density at radius 3 is 1.47 bits per heavy atom. The third-order valence-corrected chi connectivity index (χ3v) is 4.06. The number of nitrogens with one attached hydrogen (secondary N) is 2. The standard InChI is InChI=1S/C22H44N2O10/c1-23-21(25)4-3-6-28-7-5-24-22(26)20-34-19-18-33-17-16-32-15-14-31-13-12-30-11-10-29-9-8-27-2/h3-20H2,1-2H3,(H,23,25)(H,24,26). The highest BCUT2D eigenvalue weighted by molar-refractivity contribution is 5.77. The van der Waals surface area contributed by atoms with E-state index in [0.29, 0.717) is 112 Å². The minimum Gasteiger partial charge on any atom is -0.382 e. The molecule has 0 aliphatic heterocycles. The van der Waals surface area contributed by atoms with Gasteiger partial charge in [-0.1, -0.05) is 0 Å². The van der Waals surface area contributed by atoms with Gasteiger partial charge >= 0.3 is 0 Å². The highest BCUT2D eigenvalue weighted by Crippen LogP contribution is 1.89. The molecule has 12 heteroatoms. The fourth-order valence-electron chi connectivity index (χ4n) is 2.28. The van der Waals surface area contributed by atoms with E-state index >= 15 is 0 Å². The van der Waals surface area contributed by atoms with E-state index < -0.39 is 0 Å². The summed E-state index contributed by atoms with van der Waals surface area (Å²) in [5, 5.41) is 5.24. The van der Waals surface area contributed by atoms with E-state index in [1.807, 2.05) is 0 Å². The second-order valence-corrected chi connectivity index (χ2v) is 6.85. The zero-order valence-corrected chi connectivity index (χ0v) is 20.8. The second-order valence-electron chi connectivity index (χ2n) is 6.85. The van der Waals surface area contributed by atoms with Gasteiger partial charge < -0.3 is 48.5 Å². The van der Waals surface area contributed by atoms with Crippen LogP contribution in [0.15, 0.2) is 0 Å². The van der Waals surface area contributed by atoms with Crippen LogP contribution in [0.4, 0.5) is 0 Å². The van der Waals surface area contributed by atoms with Crippen LogP contribution in [0.2, 0.25) is 0 Å². The molecule has 0 radical (unpaired) electrons. The van der Waals surface area contributed by atoms with Gasteiger partial charge in [-0.3, -0.25) is 9.59 Å². The first kappa shape index (κ1) is 32.6. The predicted octanol–water partition coefficient (Wildman–Crippen LogP) is -0.609. The van der Waals surface area contributed by atoms with Crippen molar-refractivity contribution in [1.82, 2.24) is 10.6 Å². The van der Waals surface area contributed by atoms with Gasteiger partial charge in [0.2, 0.25) is 11.8 Å². The van der Waals surface area contributed by atoms with Crippen LogP contribution in [0.5, 0.6) is 0 Å². The Kier molecular flexibility index (Phi) is 26.7. The topological polar surface area (TPSA) is 132 Å². The summed E-state index contributed by atoms with van der Waals surface area (Å²) < 4.78 is 42.3. The van der Waals surface area contributed by atoms with Gasteiger partial charge in [-0.2, -0.15) is 0 Å². The zero-order chi connectivity index (χ0) is 25.0. The first-order valence-corrected chi connectivity index (χ1v) is 11.7. The van der Waals surface area contributed by atoms with Crippen LogP contribution in [0, 0.1) is 0 Å². The van der Waals surface area contributed by atoms with Crippen molar-refractivity contribution in [2.24, 2.45) is 0 Å². The Bertz CT molecular complexity index is 457. The Balaban J connectivity index is 3.15. The van der Waals surface area contributed by atoms with Crippen molar-refractivity contribution in [2.75, 3.05) is 120 Å². The SMILES string of the molecule is CNC(=O)CCCOCCNC(=O)COCCOCCOCCOCCOCCOCCOC. The number of ether oxygens (including phenoxy) is 8. The number of hydrogen-bond donors (Lipinski definition) is 2. The Morgan fingerprint density at radius 2 is 1.00 bits per heavy atom. The van der Waals surface area contributed by atoms with Gasteiger partial charge in [0.15, 0.2) is 0 Å². The van der Waals surface area contributed by atoms with Gasteiger partial charge in [-0.25, -0.2) is 0 Å². The van der Waals surface area contributed by atoms with Crippen LogP contribution in [-0.2, 0) is 47.5 Å². The Hall–Kier alpha value is -1.38. The summed E-state index contributed by atoms with van der Waals surface area (Å²) in [5.74, 6) is -0.219. The molecule has 0 bridgehead atoms. The lowest BCUT2D eigenvalue weighted by Gasteiger charge is -2.09. The predicted molar refractivity (Wildman–Crippen MR) is 124 cm³/mol. The number of carbonyl (C=O) groups excluding carboxylic acids is 2. The quantitative estimate of drug-likeness (QED) is 0.142. The average molecular weight is 497 g/mol. The Labute approximate surface area is 203 Å². The summed E-state index contributed by atoms with van der Waals surface area (Å²) in [5.41, 5.74) is 0. The lowest BCUT2D eigenvalue weighted by molar-refractivity contribution is -0.126. The van der Waals surface area contributed by atoms with Crippen molar-refractivity contribution in [1.29, 1.82) is 0 Å². The number of amides is 2. The van der Waals surface area contributed by atoms with Crippen molar-refractivity contribution >= 4 is 11.8 Å². The zero-order valence-electron chi connectivity index (χ0n) is 20.8. The van der Waals surface area contributed by atoms with Crippen LogP contribution < -0.4 is 10.6 Å². The van der Waals surface area contributed by atoms with Gasteiger partial charge in [-0.15, -0.1) is 0 Å². The number of methoxy groups -OCH3 is 1. The summed E-state index contributed by atoms with van der Waals surface area (Å²) >= 11 is 0. The van der Waals surface area contributed by atoms with Crippen molar-refractivity contribution in [3.63, 3.8) is 0 Å². The molecule has 34 heavy (non-hydrogen) atoms. The monoisotopic (exact) mass is 496 g/mol. The van der Waals surface area contributed by atoms with Crippen LogP contribution in [0.3, 0.4) is 0 Å². The molecule has 0 aromatic carbocycles. The molecule has 0 aliphatic carbocycles. The van der Waals surface area contributed by atoms with Crippen LogP contribution in [0.1, 0.15) is 12.8 Å². The van der Waals surface area contributed by atoms with Gasteiger partial charge in [0.1, 0.15) is 6.61 Å². The lowest BCUT2D eigenvalue weighted by Crippen LogP contribution is -2.31. The highest BCUT2D eigenvalue weighted by atomic mass is 16.6. The molecule has 0 spiro atoms. The molecular weight excluding hydrogens is 452 g/mol. The molecular formula is C22H44N2O10. The maximum atomic E-state index is 11.6. The minimum absolute atomic E-state index is 0.00935. The molecule has 0 aliphatic rings. The lowest BCUT2D eigenvalue weighted by atomic mass is 10.3. The van der Waals surface area contributed by atoms with E-state index in [9.17, 15) is 9.59 Å². The summed E-state index contributed by atoms with van der Waals surface area (Å²) in [7, 11) is 3.24. The maximum Gasteiger partial charge on any atom is 0.246 e. The molecule has 2 amide bonds. The van der Waals surface area contributed by atoms with Crippen LogP contribution in [-0.4, -0.2) is 132 Å². The fraction of sp³-hybridized carbons (Fsp3) is 0.909. The van der Waals surface area contributed by atoms with E-state index in [2.05, 4.69) is 10.6 Å². The fourth-order valence-corrected chi connectivity index (χ4v) is 2.28. The van der Waals surface area contributed by atoms with Gasteiger partial charge in [0.05, 0.1) is 85.9 Å². The summed E-state index contributed by atoms with van der Waals surface area (Å²) in [6.07, 6.45) is 1.08. The smallest absolute Gasteiger partial charge is 0.246 e. The Morgan fingerprint density at radius 1 is 0.559 bits per heavy atom.